The first-order chi connectivity index (χ1) is 19.0. The molecule has 0 radical (unpaired) electrons. The van der Waals surface area contributed by atoms with E-state index >= 15 is 0 Å². The first-order valence-corrected chi connectivity index (χ1v) is 15.0. The minimum Gasteiger partial charge on any atom is -0.352 e. The van der Waals surface area contributed by atoms with Gasteiger partial charge in [-0.1, -0.05) is 67.4 Å². The number of benzene rings is 3. The minimum atomic E-state index is -4.28. The highest BCUT2D eigenvalue weighted by atomic mass is 35.5. The van der Waals surface area contributed by atoms with Crippen LogP contribution in [0.3, 0.4) is 0 Å². The Balaban J connectivity index is 2.06. The molecule has 7 nitrogen and oxygen atoms in total. The standard InChI is InChI=1S/C29H32Cl2FN3O4S/c1-4-20(3)33-29(37)27(5-2)34(18-21-11-13-22(30)14-12-21)28(36)19-35(23-15-16-26(32)25(31)17-23)40(38,39)24-9-7-6-8-10-24/h6-17,20,27H,4-5,18-19H2,1-3H3,(H,33,37)/t20-,27-/m1/s1. The second-order valence-electron chi connectivity index (χ2n) is 9.31. The van der Waals surface area contributed by atoms with Crippen molar-refractivity contribution < 1.29 is 22.4 Å². The van der Waals surface area contributed by atoms with Gasteiger partial charge >= 0.3 is 0 Å². The first kappa shape index (κ1) is 31.4. The van der Waals surface area contributed by atoms with Crippen LogP contribution in [0.15, 0.2) is 77.7 Å². The normalized spacial score (nSPS) is 12.8. The lowest BCUT2D eigenvalue weighted by molar-refractivity contribution is -0.140. The van der Waals surface area contributed by atoms with Crippen LogP contribution in [0.5, 0.6) is 0 Å². The molecule has 2 amide bonds. The molecule has 214 valence electrons. The third-order valence-corrected chi connectivity index (χ3v) is 8.78. The van der Waals surface area contributed by atoms with Gasteiger partial charge < -0.3 is 10.2 Å². The van der Waals surface area contributed by atoms with E-state index in [1.54, 1.807) is 49.4 Å². The Morgan fingerprint density at radius 3 is 2.17 bits per heavy atom. The number of carbonyl (C=O) groups excluding carboxylic acids is 2. The molecule has 0 unspecified atom stereocenters. The number of nitrogens with one attached hydrogen (secondary N) is 1. The number of nitrogens with zero attached hydrogens (tertiary/aromatic N) is 2. The fourth-order valence-electron chi connectivity index (χ4n) is 4.04. The van der Waals surface area contributed by atoms with Crippen molar-refractivity contribution in [2.45, 2.75) is 57.1 Å². The van der Waals surface area contributed by atoms with Crippen LogP contribution in [0.2, 0.25) is 10.0 Å². The molecule has 40 heavy (non-hydrogen) atoms. The van der Waals surface area contributed by atoms with Crippen molar-refractivity contribution in [3.63, 3.8) is 0 Å². The van der Waals surface area contributed by atoms with E-state index in [4.69, 9.17) is 23.2 Å². The van der Waals surface area contributed by atoms with E-state index < -0.39 is 34.3 Å². The molecule has 1 N–H and O–H groups in total. The third kappa shape index (κ3) is 7.74. The second-order valence-corrected chi connectivity index (χ2v) is 12.0. The van der Waals surface area contributed by atoms with Gasteiger partial charge in [-0.3, -0.25) is 13.9 Å². The SMILES string of the molecule is CC[C@@H](C)NC(=O)[C@@H](CC)N(Cc1ccc(Cl)cc1)C(=O)CN(c1ccc(F)c(Cl)c1)S(=O)(=O)c1ccccc1. The van der Waals surface area contributed by atoms with Crippen molar-refractivity contribution >= 4 is 50.7 Å². The summed E-state index contributed by atoms with van der Waals surface area (Å²) < 4.78 is 42.4. The molecular weight excluding hydrogens is 576 g/mol. The Kier molecular flexibility index (Phi) is 11.0. The first-order valence-electron chi connectivity index (χ1n) is 12.8. The second kappa shape index (κ2) is 14.0. The number of hydrogen-bond acceptors (Lipinski definition) is 4. The van der Waals surface area contributed by atoms with Crippen LogP contribution in [-0.2, 0) is 26.2 Å². The number of anilines is 1. The number of halogens is 3. The van der Waals surface area contributed by atoms with E-state index in [2.05, 4.69) is 5.32 Å². The van der Waals surface area contributed by atoms with Gasteiger partial charge in [0.15, 0.2) is 0 Å². The Bertz CT molecular complexity index is 1420. The average Bonchev–Trinajstić information content (AvgIpc) is 2.94. The molecule has 3 aromatic carbocycles. The molecule has 3 rings (SSSR count). The fourth-order valence-corrected chi connectivity index (χ4v) is 5.76. The van der Waals surface area contributed by atoms with Crippen LogP contribution >= 0.6 is 23.2 Å². The Morgan fingerprint density at radius 2 is 1.60 bits per heavy atom. The Hall–Kier alpha value is -3.14. The number of hydrogen-bond donors (Lipinski definition) is 1. The third-order valence-electron chi connectivity index (χ3n) is 6.45. The highest BCUT2D eigenvalue weighted by Crippen LogP contribution is 2.28. The largest absolute Gasteiger partial charge is 0.352 e. The van der Waals surface area contributed by atoms with Gasteiger partial charge in [-0.15, -0.1) is 0 Å². The maximum absolute atomic E-state index is 14.0. The molecule has 0 aliphatic carbocycles. The monoisotopic (exact) mass is 607 g/mol. The van der Waals surface area contributed by atoms with Crippen molar-refractivity contribution in [1.82, 2.24) is 10.2 Å². The van der Waals surface area contributed by atoms with E-state index in [0.717, 1.165) is 16.4 Å². The summed E-state index contributed by atoms with van der Waals surface area (Å²) in [5, 5.41) is 3.14. The Labute approximate surface area is 244 Å². The van der Waals surface area contributed by atoms with Crippen molar-refractivity contribution in [1.29, 1.82) is 0 Å². The van der Waals surface area contributed by atoms with Gasteiger partial charge in [0.2, 0.25) is 11.8 Å². The van der Waals surface area contributed by atoms with Gasteiger partial charge in [0.1, 0.15) is 18.4 Å². The Morgan fingerprint density at radius 1 is 0.950 bits per heavy atom. The predicted octanol–water partition coefficient (Wildman–Crippen LogP) is 6.05. The van der Waals surface area contributed by atoms with Crippen molar-refractivity contribution in [3.05, 3.63) is 94.2 Å². The van der Waals surface area contributed by atoms with E-state index in [1.165, 1.54) is 23.1 Å². The molecule has 0 heterocycles. The summed E-state index contributed by atoms with van der Waals surface area (Å²) in [5.74, 6) is -1.70. The minimum absolute atomic E-state index is 0.00662. The van der Waals surface area contributed by atoms with Gasteiger partial charge in [0, 0.05) is 17.6 Å². The van der Waals surface area contributed by atoms with Crippen LogP contribution in [0.4, 0.5) is 10.1 Å². The van der Waals surface area contributed by atoms with Gasteiger partial charge in [-0.25, -0.2) is 12.8 Å². The van der Waals surface area contributed by atoms with Gasteiger partial charge in [0.05, 0.1) is 15.6 Å². The molecule has 2 atom stereocenters. The van der Waals surface area contributed by atoms with E-state index in [0.29, 0.717) is 17.0 Å². The topological polar surface area (TPSA) is 86.8 Å². The zero-order valence-corrected chi connectivity index (χ0v) is 24.8. The highest BCUT2D eigenvalue weighted by Gasteiger charge is 2.34. The van der Waals surface area contributed by atoms with Crippen LogP contribution in [0.1, 0.15) is 39.2 Å². The highest BCUT2D eigenvalue weighted by molar-refractivity contribution is 7.92. The van der Waals surface area contributed by atoms with Crippen LogP contribution in [-0.4, -0.2) is 43.8 Å². The quantitative estimate of drug-likeness (QED) is 0.271. The lowest BCUT2D eigenvalue weighted by Crippen LogP contribution is -2.53. The predicted molar refractivity (Wildman–Crippen MR) is 156 cm³/mol. The smallest absolute Gasteiger partial charge is 0.264 e. The summed E-state index contributed by atoms with van der Waals surface area (Å²) in [5.41, 5.74) is 0.710. The number of rotatable bonds is 12. The lowest BCUT2D eigenvalue weighted by Gasteiger charge is -2.33. The molecule has 0 saturated heterocycles. The van der Waals surface area contributed by atoms with Gasteiger partial charge in [-0.2, -0.15) is 0 Å². The molecule has 0 spiro atoms. The molecule has 0 aromatic heterocycles. The van der Waals surface area contributed by atoms with Crippen LogP contribution in [0.25, 0.3) is 0 Å². The molecule has 0 saturated carbocycles. The summed E-state index contributed by atoms with van der Waals surface area (Å²) in [4.78, 5) is 28.6. The van der Waals surface area contributed by atoms with Crippen molar-refractivity contribution in [2.24, 2.45) is 0 Å². The van der Waals surface area contributed by atoms with Gasteiger partial charge in [0.25, 0.3) is 10.0 Å². The zero-order valence-electron chi connectivity index (χ0n) is 22.5. The summed E-state index contributed by atoms with van der Waals surface area (Å²) in [7, 11) is -4.28. The molecule has 3 aromatic rings. The summed E-state index contributed by atoms with van der Waals surface area (Å²) >= 11 is 12.0. The number of amides is 2. The fraction of sp³-hybridized carbons (Fsp3) is 0.310. The van der Waals surface area contributed by atoms with E-state index in [1.807, 2.05) is 13.8 Å². The molecule has 0 fully saturated rings. The number of carbonyl (C=O) groups is 2. The van der Waals surface area contributed by atoms with Crippen molar-refractivity contribution in [3.8, 4) is 0 Å². The molecule has 0 aliphatic heterocycles. The maximum atomic E-state index is 14.0. The van der Waals surface area contributed by atoms with Crippen LogP contribution < -0.4 is 9.62 Å². The molecule has 0 bridgehead atoms. The number of sulfonamides is 1. The summed E-state index contributed by atoms with van der Waals surface area (Å²) in [6, 6.07) is 16.8. The molecule has 11 heteroatoms. The van der Waals surface area contributed by atoms with Crippen molar-refractivity contribution in [2.75, 3.05) is 10.8 Å². The zero-order chi connectivity index (χ0) is 29.4. The summed E-state index contributed by atoms with van der Waals surface area (Å²) in [6.07, 6.45) is 0.983. The molecular formula is C29H32Cl2FN3O4S. The maximum Gasteiger partial charge on any atom is 0.264 e. The lowest BCUT2D eigenvalue weighted by atomic mass is 10.1. The van der Waals surface area contributed by atoms with Crippen LogP contribution in [0, 0.1) is 5.82 Å². The summed E-state index contributed by atoms with van der Waals surface area (Å²) in [6.45, 7) is 4.96. The van der Waals surface area contributed by atoms with E-state index in [-0.39, 0.29) is 40.5 Å². The van der Waals surface area contributed by atoms with Gasteiger partial charge in [-0.05, 0) is 67.8 Å². The van der Waals surface area contributed by atoms with E-state index in [9.17, 15) is 22.4 Å². The average molecular weight is 609 g/mol. The molecule has 0 aliphatic rings.